The van der Waals surface area contributed by atoms with Crippen LogP contribution >= 0.6 is 0 Å². The van der Waals surface area contributed by atoms with E-state index in [1.54, 1.807) is 24.3 Å². The Morgan fingerprint density at radius 1 is 0.933 bits per heavy atom. The van der Waals surface area contributed by atoms with E-state index >= 15 is 0 Å². The monoisotopic (exact) mass is 406 g/mol. The van der Waals surface area contributed by atoms with Crippen LogP contribution in [-0.2, 0) is 11.2 Å². The average Bonchev–Trinajstić information content (AvgIpc) is 2.76. The molecule has 0 heterocycles. The zero-order chi connectivity index (χ0) is 21.3. The molecule has 0 aromatic heterocycles. The van der Waals surface area contributed by atoms with Crippen LogP contribution in [0, 0.1) is 0 Å². The van der Waals surface area contributed by atoms with E-state index in [1.165, 1.54) is 37.0 Å². The van der Waals surface area contributed by atoms with E-state index in [0.717, 1.165) is 6.42 Å². The molecule has 30 heavy (non-hydrogen) atoms. The summed E-state index contributed by atoms with van der Waals surface area (Å²) in [7, 11) is 1.52. The van der Waals surface area contributed by atoms with E-state index < -0.39 is 5.97 Å². The summed E-state index contributed by atoms with van der Waals surface area (Å²) in [6.45, 7) is 0.488. The van der Waals surface area contributed by atoms with E-state index in [-0.39, 0.29) is 11.5 Å². The molecule has 0 spiro atoms. The highest BCUT2D eigenvalue weighted by atomic mass is 16.5. The highest BCUT2D eigenvalue weighted by Gasteiger charge is 2.09. The first-order chi connectivity index (χ1) is 14.5. The Kier molecular flexibility index (Phi) is 6.95. The maximum Gasteiger partial charge on any atom is 0.336 e. The highest BCUT2D eigenvalue weighted by molar-refractivity contribution is 5.88. The molecule has 0 bridgehead atoms. The minimum atomic E-state index is -0.595. The Hall–Kier alpha value is -3.93. The highest BCUT2D eigenvalue weighted by Crippen LogP contribution is 2.31. The SMILES string of the molecule is COc1cc(OC(=O)/C=C/c2ccc(O)c(O)c2)ccc1OCCc1ccccc1. The number of carbonyl (C=O) groups is 1. The number of esters is 1. The van der Waals surface area contributed by atoms with E-state index in [2.05, 4.69) is 0 Å². The van der Waals surface area contributed by atoms with Gasteiger partial charge in [0.1, 0.15) is 5.75 Å². The summed E-state index contributed by atoms with van der Waals surface area (Å²) < 4.78 is 16.4. The molecule has 2 N–H and O–H groups in total. The molecule has 3 rings (SSSR count). The Bertz CT molecular complexity index is 1030. The van der Waals surface area contributed by atoms with Crippen LogP contribution in [0.4, 0.5) is 0 Å². The van der Waals surface area contributed by atoms with Crippen molar-refractivity contribution in [2.24, 2.45) is 0 Å². The number of carbonyl (C=O) groups excluding carboxylic acids is 1. The maximum atomic E-state index is 12.1. The van der Waals surface area contributed by atoms with Gasteiger partial charge in [0.05, 0.1) is 13.7 Å². The van der Waals surface area contributed by atoms with Crippen LogP contribution in [0.25, 0.3) is 6.08 Å². The van der Waals surface area contributed by atoms with Gasteiger partial charge in [0.15, 0.2) is 23.0 Å². The fraction of sp³-hybridized carbons (Fsp3) is 0.125. The first-order valence-electron chi connectivity index (χ1n) is 9.32. The molecule has 154 valence electrons. The second kappa shape index (κ2) is 10.0. The van der Waals surface area contributed by atoms with Gasteiger partial charge < -0.3 is 24.4 Å². The maximum absolute atomic E-state index is 12.1. The van der Waals surface area contributed by atoms with Gasteiger partial charge in [-0.2, -0.15) is 0 Å². The van der Waals surface area contributed by atoms with Crippen molar-refractivity contribution in [2.45, 2.75) is 6.42 Å². The summed E-state index contributed by atoms with van der Waals surface area (Å²) in [4.78, 5) is 12.1. The molecule has 3 aromatic rings. The van der Waals surface area contributed by atoms with Gasteiger partial charge in [0, 0.05) is 18.6 Å². The van der Waals surface area contributed by atoms with Crippen LogP contribution in [0.15, 0.2) is 72.8 Å². The Morgan fingerprint density at radius 2 is 1.73 bits per heavy atom. The smallest absolute Gasteiger partial charge is 0.336 e. The van der Waals surface area contributed by atoms with Crippen LogP contribution in [0.5, 0.6) is 28.7 Å². The second-order valence-electron chi connectivity index (χ2n) is 6.40. The van der Waals surface area contributed by atoms with Gasteiger partial charge in [-0.25, -0.2) is 4.79 Å². The molecule has 0 fully saturated rings. The van der Waals surface area contributed by atoms with Gasteiger partial charge >= 0.3 is 5.97 Å². The van der Waals surface area contributed by atoms with Crippen molar-refractivity contribution in [2.75, 3.05) is 13.7 Å². The normalized spacial score (nSPS) is 10.7. The number of phenolic OH excluding ortho intramolecular Hbond substituents is 2. The summed E-state index contributed by atoms with van der Waals surface area (Å²) in [6, 6.07) is 19.1. The van der Waals surface area contributed by atoms with Crippen LogP contribution in [0.3, 0.4) is 0 Å². The van der Waals surface area contributed by atoms with Crippen LogP contribution in [-0.4, -0.2) is 29.9 Å². The largest absolute Gasteiger partial charge is 0.504 e. The Morgan fingerprint density at radius 3 is 2.47 bits per heavy atom. The predicted octanol–water partition coefficient (Wildman–Crippen LogP) is 4.35. The topological polar surface area (TPSA) is 85.2 Å². The van der Waals surface area contributed by atoms with Crippen molar-refractivity contribution >= 4 is 12.0 Å². The summed E-state index contributed by atoms with van der Waals surface area (Å²) in [5.41, 5.74) is 1.72. The Labute approximate surface area is 174 Å². The van der Waals surface area contributed by atoms with Crippen molar-refractivity contribution in [3.05, 3.63) is 83.9 Å². The molecule has 0 aliphatic heterocycles. The number of methoxy groups -OCH3 is 1. The fourth-order valence-corrected chi connectivity index (χ4v) is 2.71. The summed E-state index contributed by atoms with van der Waals surface area (Å²) in [5.74, 6) is 0.239. The average molecular weight is 406 g/mol. The van der Waals surface area contributed by atoms with Gasteiger partial charge in [-0.1, -0.05) is 36.4 Å². The number of rotatable bonds is 8. The van der Waals surface area contributed by atoms with Crippen LogP contribution in [0.2, 0.25) is 0 Å². The molecule has 0 saturated heterocycles. The summed E-state index contributed by atoms with van der Waals surface area (Å²) in [6.07, 6.45) is 3.46. The first kappa shape index (κ1) is 20.8. The number of hydrogen-bond donors (Lipinski definition) is 2. The van der Waals surface area contributed by atoms with E-state index in [4.69, 9.17) is 14.2 Å². The molecule has 0 radical (unpaired) electrons. The number of hydrogen-bond acceptors (Lipinski definition) is 6. The lowest BCUT2D eigenvalue weighted by molar-refractivity contribution is -0.128. The molecule has 0 aliphatic rings. The zero-order valence-electron chi connectivity index (χ0n) is 16.4. The Balaban J connectivity index is 1.58. The van der Waals surface area contributed by atoms with Crippen molar-refractivity contribution in [3.8, 4) is 28.7 Å². The minimum Gasteiger partial charge on any atom is -0.504 e. The second-order valence-corrected chi connectivity index (χ2v) is 6.40. The molecule has 0 atom stereocenters. The summed E-state index contributed by atoms with van der Waals surface area (Å²) in [5, 5.41) is 18.8. The molecule has 0 amide bonds. The van der Waals surface area contributed by atoms with Crippen molar-refractivity contribution in [3.63, 3.8) is 0 Å². The molecule has 3 aromatic carbocycles. The molecular weight excluding hydrogens is 384 g/mol. The van der Waals surface area contributed by atoms with Gasteiger partial charge in [-0.15, -0.1) is 0 Å². The van der Waals surface area contributed by atoms with Gasteiger partial charge in [0.25, 0.3) is 0 Å². The lowest BCUT2D eigenvalue weighted by atomic mass is 10.2. The van der Waals surface area contributed by atoms with Gasteiger partial charge in [-0.3, -0.25) is 0 Å². The number of phenols is 2. The third kappa shape index (κ3) is 5.78. The van der Waals surface area contributed by atoms with E-state index in [1.807, 2.05) is 30.3 Å². The third-order valence-electron chi connectivity index (χ3n) is 4.26. The number of benzene rings is 3. The predicted molar refractivity (Wildman–Crippen MR) is 113 cm³/mol. The lowest BCUT2D eigenvalue weighted by Crippen LogP contribution is -2.05. The van der Waals surface area contributed by atoms with Crippen molar-refractivity contribution in [1.82, 2.24) is 0 Å². The molecule has 0 saturated carbocycles. The number of aromatic hydroxyl groups is 2. The quantitative estimate of drug-likeness (QED) is 0.250. The van der Waals surface area contributed by atoms with Gasteiger partial charge in [-0.05, 0) is 41.5 Å². The van der Waals surface area contributed by atoms with Gasteiger partial charge in [0.2, 0.25) is 0 Å². The summed E-state index contributed by atoms with van der Waals surface area (Å²) >= 11 is 0. The third-order valence-corrected chi connectivity index (χ3v) is 4.26. The van der Waals surface area contributed by atoms with Crippen molar-refractivity contribution < 1.29 is 29.2 Å². The molecule has 0 unspecified atom stereocenters. The molecule has 6 heteroatoms. The van der Waals surface area contributed by atoms with E-state index in [9.17, 15) is 15.0 Å². The zero-order valence-corrected chi connectivity index (χ0v) is 16.4. The first-order valence-corrected chi connectivity index (χ1v) is 9.32. The lowest BCUT2D eigenvalue weighted by Gasteiger charge is -2.12. The standard InChI is InChI=1S/C24H22O6/c1-28-23-16-19(9-11-22(23)29-14-13-17-5-3-2-4-6-17)30-24(27)12-8-18-7-10-20(25)21(26)15-18/h2-12,15-16,25-26H,13-14H2,1H3/b12-8+. The van der Waals surface area contributed by atoms with Crippen LogP contribution in [0.1, 0.15) is 11.1 Å². The minimum absolute atomic E-state index is 0.229. The fourth-order valence-electron chi connectivity index (χ4n) is 2.71. The number of ether oxygens (including phenoxy) is 3. The molecule has 6 nitrogen and oxygen atoms in total. The van der Waals surface area contributed by atoms with Crippen molar-refractivity contribution in [1.29, 1.82) is 0 Å². The molecular formula is C24H22O6. The van der Waals surface area contributed by atoms with E-state index in [0.29, 0.717) is 29.4 Å². The van der Waals surface area contributed by atoms with Crippen LogP contribution < -0.4 is 14.2 Å². The molecule has 0 aliphatic carbocycles.